The Kier molecular flexibility index (Phi) is 30.7. The van der Waals surface area contributed by atoms with Gasteiger partial charge in [-0.15, -0.1) is 11.3 Å². The number of methoxy groups -OCH3 is 1. The maximum absolute atomic E-state index is 12.8. The number of thiazole rings is 1. The van der Waals surface area contributed by atoms with Crippen molar-refractivity contribution in [3.63, 3.8) is 0 Å². The molecule has 0 fully saturated rings. The normalized spacial score (nSPS) is 11.1. The molecule has 0 unspecified atom stereocenters. The number of carboxylic acids is 4. The zero-order valence-corrected chi connectivity index (χ0v) is 67.7. The van der Waals surface area contributed by atoms with E-state index in [1.807, 2.05) is 48.5 Å². The van der Waals surface area contributed by atoms with Gasteiger partial charge in [-0.25, -0.2) is 34.0 Å². The van der Waals surface area contributed by atoms with E-state index in [0.29, 0.717) is 61.4 Å². The second kappa shape index (κ2) is 38.5. The summed E-state index contributed by atoms with van der Waals surface area (Å²) in [7, 11) is 4.21. The molecule has 0 saturated carbocycles. The van der Waals surface area contributed by atoms with Crippen molar-refractivity contribution < 1.29 is 136 Å². The Morgan fingerprint density at radius 2 is 0.860 bits per heavy atom. The smallest absolute Gasteiger partial charge is 0.419 e. The van der Waals surface area contributed by atoms with Crippen LogP contribution < -0.4 is 0 Å². The Balaban J connectivity index is 0.000000206. The number of Topliss-reactive ketones (excluding diaryl/α,β-unsaturated/α-hetero) is 2. The van der Waals surface area contributed by atoms with E-state index in [0.717, 1.165) is 77.3 Å². The number of rotatable bonds is 15. The fraction of sp³-hybridized carbons (Fsp3) is 0.200. The summed E-state index contributed by atoms with van der Waals surface area (Å²) < 4.78 is 25.5. The molecule has 6 aromatic heterocycles. The third-order valence-electron chi connectivity index (χ3n) is 13.7. The van der Waals surface area contributed by atoms with E-state index in [1.54, 1.807) is 141 Å². The fourth-order valence-corrected chi connectivity index (χ4v) is 12.5. The standard InChI is InChI=1S/C18H16NO5S.C16H20N2O4.C14H15NO4.C14H10NO3S.C9H7NO2.C4H3NO2S.2W/c1-18(2,3)24-17(23)19-10-13(12-6-4-5-7-14(12)19)15(20)11-25-9-8-16(21)22;1-16(2,3)22-15(20)18-10-12(14(19)17(4)21-5)11-8-6-7-9-13(11)18;1-14(2,3)19-13(18)15-8-10(12(16)17)9-6-4-5-7-11(9)15;1-18-14(17)6-7-19-9-13(16)11-8-15-12-5-3-2-4-10(11)12;11-9(12)7-5-10-8-4-2-1-3-6(7)8;6-4(7)3-1-8-2-5-3;;/h4-7,9-10H,1-3H3,(H,21,22);6-10H,1-5H3;4-8H,1-3H3,(H,16,17);2-5,7-8,15H,1H3;1-5,10H,(H,11,12);1-2H,(H,6,7);;/q-1;;;-1;;;;. The maximum atomic E-state index is 12.8. The molecule has 558 valence electrons. The SMILES string of the molecule is CC(C)(C)OC(=O)n1cc(C(=O)O)c2ccccc21.CC(C)(C)OC(=O)n1cc(C(=O)[C](=[W])SC=[C-]C(=O)O)c2ccccc21.COC(=O)[C-]=CS[C](=[W])C(=O)c1c[nH]c2ccccc12.CON(C)C(=O)c1cn(C(=O)OC(C)(C)C)c2ccccc12.O=C(O)c1c[nH]c2ccccc12.O=C(O)c1cscn1. The van der Waals surface area contributed by atoms with Gasteiger partial charge >= 0.3 is 327 Å². The number of fused-ring (bicyclic) bond motifs is 5. The van der Waals surface area contributed by atoms with Crippen LogP contribution in [0.15, 0.2) is 174 Å². The van der Waals surface area contributed by atoms with Crippen molar-refractivity contribution in [1.82, 2.24) is 33.7 Å². The second-order valence-electron chi connectivity index (χ2n) is 24.8. The van der Waals surface area contributed by atoms with Crippen molar-refractivity contribution in [3.8, 4) is 0 Å². The summed E-state index contributed by atoms with van der Waals surface area (Å²) in [5.74, 6) is -5.32. The van der Waals surface area contributed by atoms with Crippen LogP contribution in [0.1, 0.15) is 125 Å². The quantitative estimate of drug-likeness (QED) is 0.0139. The third-order valence-corrected chi connectivity index (χ3v) is 19.0. The molecule has 6 N–H and O–H groups in total. The molecular formula is C75H71N7O20S3W2-2. The van der Waals surface area contributed by atoms with Crippen molar-refractivity contribution in [2.45, 2.75) is 79.1 Å². The number of amides is 1. The minimum atomic E-state index is -1.20. The molecule has 5 aromatic carbocycles. The van der Waals surface area contributed by atoms with E-state index >= 15 is 0 Å². The molecule has 0 saturated heterocycles. The summed E-state index contributed by atoms with van der Waals surface area (Å²) in [5.41, 5.74) is 5.00. The Labute approximate surface area is 646 Å². The van der Waals surface area contributed by atoms with E-state index in [-0.39, 0.29) is 28.7 Å². The average molecular weight is 1850 g/mol. The third kappa shape index (κ3) is 24.4. The summed E-state index contributed by atoms with van der Waals surface area (Å²) >= 11 is 5.41. The number of H-pyrrole nitrogens is 2. The zero-order valence-electron chi connectivity index (χ0n) is 59.3. The van der Waals surface area contributed by atoms with Crippen molar-refractivity contribution in [3.05, 3.63) is 220 Å². The average Bonchev–Trinajstić information content (AvgIpc) is 1.63. The number of nitrogens with zero attached hydrogens (tertiary/aromatic N) is 5. The van der Waals surface area contributed by atoms with Crippen LogP contribution in [0.25, 0.3) is 54.5 Å². The van der Waals surface area contributed by atoms with Crippen molar-refractivity contribution in [2.75, 3.05) is 21.3 Å². The van der Waals surface area contributed by atoms with Crippen LogP contribution in [0, 0.1) is 12.2 Å². The van der Waals surface area contributed by atoms with Crippen LogP contribution in [-0.2, 0) is 72.1 Å². The largest absolute Gasteiger partial charge is 0.478 e. The van der Waals surface area contributed by atoms with Crippen LogP contribution in [0.5, 0.6) is 0 Å². The number of ether oxygens (including phenoxy) is 4. The van der Waals surface area contributed by atoms with Crippen molar-refractivity contribution in [1.29, 1.82) is 0 Å². The number of para-hydroxylation sites is 5. The van der Waals surface area contributed by atoms with Gasteiger partial charge in [-0.2, -0.15) is 0 Å². The number of carboxylic acid groups (broad SMARTS) is 4. The number of hydrogen-bond acceptors (Lipinski definition) is 20. The van der Waals surface area contributed by atoms with Crippen LogP contribution in [-0.4, -0.2) is 164 Å². The van der Waals surface area contributed by atoms with E-state index in [4.69, 9.17) is 39.5 Å². The molecule has 1 amide bonds. The number of hydrogen-bond donors (Lipinski definition) is 6. The number of benzene rings is 5. The summed E-state index contributed by atoms with van der Waals surface area (Å²) in [6.45, 7) is 16.0. The Morgan fingerprint density at radius 3 is 1.24 bits per heavy atom. The van der Waals surface area contributed by atoms with E-state index in [1.165, 1.54) is 105 Å². The van der Waals surface area contributed by atoms with Crippen LogP contribution >= 0.6 is 34.9 Å². The second-order valence-corrected chi connectivity index (χ2v) is 32.3. The van der Waals surface area contributed by atoms with E-state index in [9.17, 15) is 52.7 Å². The van der Waals surface area contributed by atoms with Crippen molar-refractivity contribution >= 4 is 161 Å². The number of thioether (sulfide) groups is 2. The topological polar surface area (TPSA) is 377 Å². The molecule has 27 nitrogen and oxygen atoms in total. The molecular weight excluding hydrogens is 1780 g/mol. The minimum Gasteiger partial charge on any atom is -0.478 e. The molecule has 107 heavy (non-hydrogen) atoms. The molecule has 0 aliphatic rings. The summed E-state index contributed by atoms with van der Waals surface area (Å²) in [5, 5.41) is 43.4. The molecule has 11 aromatic rings. The molecule has 32 heteroatoms. The van der Waals surface area contributed by atoms with Gasteiger partial charge in [-0.1, -0.05) is 54.6 Å². The number of ketones is 2. The predicted molar refractivity (Wildman–Crippen MR) is 399 cm³/mol. The van der Waals surface area contributed by atoms with Gasteiger partial charge in [0.1, 0.15) is 11.2 Å². The Hall–Kier alpha value is -10.7. The number of aliphatic carboxylic acids is 1. The van der Waals surface area contributed by atoms with E-state index in [2.05, 4.69) is 31.8 Å². The molecule has 6 heterocycles. The molecule has 0 aliphatic carbocycles. The summed E-state index contributed by atoms with van der Waals surface area (Å²) in [4.78, 5) is 142. The van der Waals surface area contributed by atoms with Crippen LogP contribution in [0.4, 0.5) is 14.4 Å². The Bertz CT molecular complexity index is 5220. The number of esters is 1. The van der Waals surface area contributed by atoms with Crippen molar-refractivity contribution in [2.24, 2.45) is 0 Å². The summed E-state index contributed by atoms with van der Waals surface area (Å²) in [6, 6.07) is 36.0. The first-order valence-corrected chi connectivity index (χ1v) is 37.0. The minimum absolute atomic E-state index is 0.0367. The maximum Gasteiger partial charge on any atom is 0.419 e. The number of carbonyl (C=O) groups is 11. The summed E-state index contributed by atoms with van der Waals surface area (Å²) in [6.07, 6.45) is 10.3. The van der Waals surface area contributed by atoms with Gasteiger partial charge < -0.3 is 29.8 Å². The Morgan fingerprint density at radius 1 is 0.495 bits per heavy atom. The number of aromatic carboxylic acids is 3. The van der Waals surface area contributed by atoms with Gasteiger partial charge in [0.25, 0.3) is 5.91 Å². The molecule has 0 atom stereocenters. The molecule has 0 radical (unpaired) electrons. The number of nitrogens with one attached hydrogen (secondary N) is 2. The van der Waals surface area contributed by atoms with Gasteiger partial charge in [-0.3, -0.25) is 18.8 Å². The molecule has 0 aliphatic heterocycles. The molecule has 0 bridgehead atoms. The monoisotopic (exact) mass is 1850 g/mol. The number of aromatic amines is 2. The first-order chi connectivity index (χ1) is 50.4. The first-order valence-electron chi connectivity index (χ1n) is 31.4. The molecule has 0 spiro atoms. The zero-order chi connectivity index (χ0) is 79.3. The van der Waals surface area contributed by atoms with Gasteiger partial charge in [0.2, 0.25) is 0 Å². The van der Waals surface area contributed by atoms with Crippen LogP contribution in [0.3, 0.4) is 0 Å². The predicted octanol–water partition coefficient (Wildman–Crippen LogP) is 14.6. The van der Waals surface area contributed by atoms with Gasteiger partial charge in [0, 0.05) is 52.7 Å². The van der Waals surface area contributed by atoms with E-state index < -0.39 is 64.9 Å². The van der Waals surface area contributed by atoms with Gasteiger partial charge in [-0.05, 0) is 59.7 Å². The van der Waals surface area contributed by atoms with Crippen LogP contribution in [0.2, 0.25) is 0 Å². The molecule has 11 rings (SSSR count). The number of carbonyl (C=O) groups excluding carboxylic acids is 7. The fourth-order valence-electron chi connectivity index (χ4n) is 9.18. The van der Waals surface area contributed by atoms with Gasteiger partial charge in [0.15, 0.2) is 5.69 Å². The number of hydroxylamine groups is 2. The number of aromatic nitrogens is 6. The van der Waals surface area contributed by atoms with Gasteiger partial charge in [0.05, 0.1) is 40.3 Å². The first kappa shape index (κ1) is 85.2.